The summed E-state index contributed by atoms with van der Waals surface area (Å²) >= 11 is 3.75. The van der Waals surface area contributed by atoms with E-state index in [9.17, 15) is 0 Å². The number of aryl methyl sites for hydroxylation is 2. The van der Waals surface area contributed by atoms with E-state index in [1.165, 1.54) is 42.3 Å². The largest absolute Gasteiger partial charge is 0.313 e. The summed E-state index contributed by atoms with van der Waals surface area (Å²) in [5.74, 6) is 0. The summed E-state index contributed by atoms with van der Waals surface area (Å²) in [5, 5.41) is 8.48. The van der Waals surface area contributed by atoms with Gasteiger partial charge < -0.3 is 5.32 Å². The Bertz CT molecular complexity index is 461. The second-order valence-corrected chi connectivity index (χ2v) is 7.53. The molecular formula is C17H30BrN3. The molecule has 0 spiro atoms. The van der Waals surface area contributed by atoms with Crippen LogP contribution in [0.4, 0.5) is 0 Å². The Labute approximate surface area is 138 Å². The predicted molar refractivity (Wildman–Crippen MR) is 92.7 cm³/mol. The van der Waals surface area contributed by atoms with Gasteiger partial charge in [0.2, 0.25) is 0 Å². The minimum absolute atomic E-state index is 0.436. The van der Waals surface area contributed by atoms with Crippen LogP contribution in [-0.4, -0.2) is 22.4 Å². The van der Waals surface area contributed by atoms with Gasteiger partial charge in [0.1, 0.15) is 0 Å². The molecule has 0 bridgehead atoms. The van der Waals surface area contributed by atoms with Gasteiger partial charge in [-0.25, -0.2) is 0 Å². The third-order valence-electron chi connectivity index (χ3n) is 5.08. The van der Waals surface area contributed by atoms with Crippen molar-refractivity contribution in [2.75, 3.05) is 6.54 Å². The van der Waals surface area contributed by atoms with Crippen LogP contribution < -0.4 is 5.32 Å². The molecule has 2 rings (SSSR count). The summed E-state index contributed by atoms with van der Waals surface area (Å²) in [6.07, 6.45) is 7.74. The lowest BCUT2D eigenvalue weighted by Crippen LogP contribution is -2.44. The van der Waals surface area contributed by atoms with Gasteiger partial charge in [0.05, 0.1) is 15.9 Å². The van der Waals surface area contributed by atoms with Crippen molar-refractivity contribution >= 4 is 15.9 Å². The average Bonchev–Trinajstić information content (AvgIpc) is 3.02. The molecule has 120 valence electrons. The summed E-state index contributed by atoms with van der Waals surface area (Å²) < 4.78 is 3.37. The Kier molecular flexibility index (Phi) is 5.89. The second kappa shape index (κ2) is 7.28. The maximum Gasteiger partial charge on any atom is 0.0738 e. The number of halogens is 1. The summed E-state index contributed by atoms with van der Waals surface area (Å²) in [6.45, 7) is 11.0. The highest BCUT2D eigenvalue weighted by molar-refractivity contribution is 9.10. The third kappa shape index (κ3) is 3.70. The summed E-state index contributed by atoms with van der Waals surface area (Å²) in [6, 6.07) is 0.553. The molecule has 1 aliphatic rings. The predicted octanol–water partition coefficient (Wildman–Crippen LogP) is 4.46. The molecule has 0 radical (unpaired) electrons. The van der Waals surface area contributed by atoms with E-state index in [0.717, 1.165) is 25.2 Å². The fourth-order valence-electron chi connectivity index (χ4n) is 3.67. The van der Waals surface area contributed by atoms with Crippen molar-refractivity contribution in [3.63, 3.8) is 0 Å². The van der Waals surface area contributed by atoms with Gasteiger partial charge in [-0.1, -0.05) is 26.7 Å². The van der Waals surface area contributed by atoms with Crippen LogP contribution in [0.5, 0.6) is 0 Å². The topological polar surface area (TPSA) is 29.9 Å². The number of rotatable bonds is 7. The van der Waals surface area contributed by atoms with Gasteiger partial charge in [-0.05, 0) is 61.0 Å². The van der Waals surface area contributed by atoms with Crippen molar-refractivity contribution in [2.24, 2.45) is 5.41 Å². The number of aromatic nitrogens is 2. The van der Waals surface area contributed by atoms with Crippen LogP contribution >= 0.6 is 15.9 Å². The first-order valence-electron chi connectivity index (χ1n) is 8.47. The zero-order chi connectivity index (χ0) is 15.5. The maximum absolute atomic E-state index is 4.65. The highest BCUT2D eigenvalue weighted by atomic mass is 79.9. The maximum atomic E-state index is 4.65. The Morgan fingerprint density at radius 1 is 1.33 bits per heavy atom. The van der Waals surface area contributed by atoms with Crippen molar-refractivity contribution in [1.29, 1.82) is 0 Å². The van der Waals surface area contributed by atoms with E-state index in [1.807, 2.05) is 0 Å². The molecule has 0 aromatic carbocycles. The molecule has 1 saturated carbocycles. The molecule has 1 aromatic heterocycles. The number of hydrogen-bond donors (Lipinski definition) is 1. The zero-order valence-electron chi connectivity index (χ0n) is 14.0. The molecule has 1 unspecified atom stereocenters. The Morgan fingerprint density at radius 2 is 2.00 bits per heavy atom. The van der Waals surface area contributed by atoms with Crippen LogP contribution in [0.15, 0.2) is 4.47 Å². The SMILES string of the molecule is CCCNC(Cc1c(Br)c(C)nn1CC)C1(C)CCCC1. The van der Waals surface area contributed by atoms with E-state index in [2.05, 4.69) is 58.7 Å². The highest BCUT2D eigenvalue weighted by Crippen LogP contribution is 2.42. The number of hydrogen-bond acceptors (Lipinski definition) is 2. The summed E-state index contributed by atoms with van der Waals surface area (Å²) in [5.41, 5.74) is 2.90. The molecule has 0 amide bonds. The fraction of sp³-hybridized carbons (Fsp3) is 0.824. The molecule has 1 N–H and O–H groups in total. The lowest BCUT2D eigenvalue weighted by atomic mass is 9.78. The molecule has 1 atom stereocenters. The second-order valence-electron chi connectivity index (χ2n) is 6.73. The van der Waals surface area contributed by atoms with E-state index < -0.39 is 0 Å². The monoisotopic (exact) mass is 355 g/mol. The van der Waals surface area contributed by atoms with E-state index in [1.54, 1.807) is 0 Å². The average molecular weight is 356 g/mol. The highest BCUT2D eigenvalue weighted by Gasteiger charge is 2.37. The van der Waals surface area contributed by atoms with Gasteiger partial charge in [-0.2, -0.15) is 5.10 Å². The lowest BCUT2D eigenvalue weighted by Gasteiger charge is -2.35. The Hall–Kier alpha value is -0.350. The molecule has 1 aliphatic carbocycles. The van der Waals surface area contributed by atoms with Crippen molar-refractivity contribution in [3.8, 4) is 0 Å². The van der Waals surface area contributed by atoms with E-state index in [-0.39, 0.29) is 0 Å². The smallest absolute Gasteiger partial charge is 0.0738 e. The zero-order valence-corrected chi connectivity index (χ0v) is 15.6. The van der Waals surface area contributed by atoms with Crippen LogP contribution in [0.2, 0.25) is 0 Å². The molecule has 0 aliphatic heterocycles. The summed E-state index contributed by atoms with van der Waals surface area (Å²) in [4.78, 5) is 0. The first-order chi connectivity index (χ1) is 10.0. The van der Waals surface area contributed by atoms with Gasteiger partial charge in [-0.3, -0.25) is 4.68 Å². The van der Waals surface area contributed by atoms with Crippen LogP contribution in [-0.2, 0) is 13.0 Å². The normalized spacial score (nSPS) is 19.1. The Morgan fingerprint density at radius 3 is 2.57 bits per heavy atom. The minimum atomic E-state index is 0.436. The van der Waals surface area contributed by atoms with Crippen LogP contribution in [0.25, 0.3) is 0 Å². The molecular weight excluding hydrogens is 326 g/mol. The van der Waals surface area contributed by atoms with Crippen molar-refractivity contribution in [3.05, 3.63) is 15.9 Å². The van der Waals surface area contributed by atoms with Crippen molar-refractivity contribution in [1.82, 2.24) is 15.1 Å². The van der Waals surface area contributed by atoms with Crippen molar-refractivity contribution < 1.29 is 0 Å². The van der Waals surface area contributed by atoms with E-state index in [0.29, 0.717) is 11.5 Å². The van der Waals surface area contributed by atoms with E-state index >= 15 is 0 Å². The number of nitrogens with zero attached hydrogens (tertiary/aromatic N) is 2. The van der Waals surface area contributed by atoms with Crippen molar-refractivity contribution in [2.45, 2.75) is 78.8 Å². The third-order valence-corrected chi connectivity index (χ3v) is 6.11. The molecule has 1 aromatic rings. The standard InChI is InChI=1S/C17H30BrN3/c1-5-11-19-15(17(4)9-7-8-10-17)12-14-16(18)13(3)20-21(14)6-2/h15,19H,5-12H2,1-4H3. The minimum Gasteiger partial charge on any atom is -0.313 e. The van der Waals surface area contributed by atoms with E-state index in [4.69, 9.17) is 0 Å². The number of nitrogens with one attached hydrogen (secondary N) is 1. The molecule has 1 fully saturated rings. The first-order valence-corrected chi connectivity index (χ1v) is 9.26. The molecule has 0 saturated heterocycles. The van der Waals surface area contributed by atoms with Gasteiger partial charge in [0, 0.05) is 19.0 Å². The quantitative estimate of drug-likeness (QED) is 0.781. The molecule has 1 heterocycles. The lowest BCUT2D eigenvalue weighted by molar-refractivity contribution is 0.216. The van der Waals surface area contributed by atoms with Crippen LogP contribution in [0.1, 0.15) is 64.3 Å². The van der Waals surface area contributed by atoms with Crippen LogP contribution in [0.3, 0.4) is 0 Å². The molecule has 3 nitrogen and oxygen atoms in total. The summed E-state index contributed by atoms with van der Waals surface area (Å²) in [7, 11) is 0. The van der Waals surface area contributed by atoms with Gasteiger partial charge in [-0.15, -0.1) is 0 Å². The fourth-order valence-corrected chi connectivity index (χ4v) is 4.12. The van der Waals surface area contributed by atoms with Gasteiger partial charge in [0.25, 0.3) is 0 Å². The van der Waals surface area contributed by atoms with Crippen LogP contribution in [0, 0.1) is 12.3 Å². The molecule has 4 heteroatoms. The molecule has 21 heavy (non-hydrogen) atoms. The van der Waals surface area contributed by atoms with Gasteiger partial charge in [0.15, 0.2) is 0 Å². The van der Waals surface area contributed by atoms with Gasteiger partial charge >= 0.3 is 0 Å². The Balaban J connectivity index is 2.22. The first kappa shape index (κ1) is 17.0.